The zero-order valence-corrected chi connectivity index (χ0v) is 12.5. The average molecular weight is 292 g/mol. The first kappa shape index (κ1) is 15.8. The fourth-order valence-electron chi connectivity index (χ4n) is 2.84. The van der Waals surface area contributed by atoms with Crippen LogP contribution in [0, 0.1) is 0 Å². The molecule has 0 aliphatic carbocycles. The Morgan fingerprint density at radius 2 is 2.38 bits per heavy atom. The topological polar surface area (TPSA) is 61.8 Å². The lowest BCUT2D eigenvalue weighted by Gasteiger charge is -2.23. The molecule has 5 heteroatoms. The van der Waals surface area contributed by atoms with Crippen LogP contribution in [0.25, 0.3) is 0 Å². The van der Waals surface area contributed by atoms with Crippen LogP contribution in [0.4, 0.5) is 5.69 Å². The molecule has 0 bridgehead atoms. The van der Waals surface area contributed by atoms with Crippen LogP contribution in [0.5, 0.6) is 5.75 Å². The number of rotatable bonds is 7. The van der Waals surface area contributed by atoms with Gasteiger partial charge >= 0.3 is 0 Å². The molecule has 1 aromatic rings. The van der Waals surface area contributed by atoms with Gasteiger partial charge in [0, 0.05) is 24.4 Å². The smallest absolute Gasteiger partial charge is 0.238 e. The van der Waals surface area contributed by atoms with Gasteiger partial charge in [-0.2, -0.15) is 0 Å². The highest BCUT2D eigenvalue weighted by molar-refractivity contribution is 5.92. The third-order valence-electron chi connectivity index (χ3n) is 3.89. The van der Waals surface area contributed by atoms with Gasteiger partial charge in [0.25, 0.3) is 0 Å². The molecule has 0 radical (unpaired) electrons. The molecular formula is C16H24N2O3. The Kier molecular flexibility index (Phi) is 6.02. The number of likely N-dealkylation sites (tertiary alicyclic amines) is 1. The van der Waals surface area contributed by atoms with Crippen LogP contribution >= 0.6 is 0 Å². The summed E-state index contributed by atoms with van der Waals surface area (Å²) in [5.41, 5.74) is 0.755. The number of anilines is 1. The summed E-state index contributed by atoms with van der Waals surface area (Å²) in [6, 6.07) is 7.79. The predicted molar refractivity (Wildman–Crippen MR) is 82.5 cm³/mol. The molecule has 116 valence electrons. The Bertz CT molecular complexity index is 465. The summed E-state index contributed by atoms with van der Waals surface area (Å²) in [6.45, 7) is 1.59. The molecule has 1 heterocycles. The van der Waals surface area contributed by atoms with Gasteiger partial charge in [0.05, 0.1) is 13.7 Å². The second-order valence-corrected chi connectivity index (χ2v) is 5.41. The summed E-state index contributed by atoms with van der Waals surface area (Å²) in [5.74, 6) is 0.731. The molecule has 1 aromatic carbocycles. The number of hydrogen-bond acceptors (Lipinski definition) is 4. The maximum absolute atomic E-state index is 12.1. The van der Waals surface area contributed by atoms with Crippen molar-refractivity contribution in [2.24, 2.45) is 0 Å². The monoisotopic (exact) mass is 292 g/mol. The van der Waals surface area contributed by atoms with Crippen LogP contribution in [-0.2, 0) is 4.79 Å². The second-order valence-electron chi connectivity index (χ2n) is 5.41. The number of aliphatic hydroxyl groups is 1. The van der Waals surface area contributed by atoms with Crippen molar-refractivity contribution in [3.05, 3.63) is 24.3 Å². The number of nitrogens with zero attached hydrogens (tertiary/aromatic N) is 1. The summed E-state index contributed by atoms with van der Waals surface area (Å²) < 4.78 is 5.15. The van der Waals surface area contributed by atoms with Crippen LogP contribution in [-0.4, -0.2) is 48.8 Å². The number of amides is 1. The summed E-state index contributed by atoms with van der Waals surface area (Å²) >= 11 is 0. The van der Waals surface area contributed by atoms with Crippen LogP contribution in [0.1, 0.15) is 25.7 Å². The van der Waals surface area contributed by atoms with Crippen molar-refractivity contribution in [1.82, 2.24) is 4.90 Å². The molecule has 1 aliphatic rings. The second kappa shape index (κ2) is 8.00. The van der Waals surface area contributed by atoms with E-state index >= 15 is 0 Å². The van der Waals surface area contributed by atoms with E-state index in [-0.39, 0.29) is 12.5 Å². The quantitative estimate of drug-likeness (QED) is 0.805. The fourth-order valence-corrected chi connectivity index (χ4v) is 2.84. The molecule has 0 spiro atoms. The fraction of sp³-hybridized carbons (Fsp3) is 0.562. The molecule has 21 heavy (non-hydrogen) atoms. The van der Waals surface area contributed by atoms with E-state index in [1.807, 2.05) is 24.3 Å². The zero-order chi connectivity index (χ0) is 15.1. The molecular weight excluding hydrogens is 268 g/mol. The van der Waals surface area contributed by atoms with E-state index in [9.17, 15) is 4.79 Å². The van der Waals surface area contributed by atoms with E-state index in [2.05, 4.69) is 10.2 Å². The van der Waals surface area contributed by atoms with Gasteiger partial charge in [-0.1, -0.05) is 6.07 Å². The third kappa shape index (κ3) is 4.72. The summed E-state index contributed by atoms with van der Waals surface area (Å²) in [5, 5.41) is 11.8. The van der Waals surface area contributed by atoms with E-state index in [1.165, 1.54) is 0 Å². The number of nitrogens with one attached hydrogen (secondary N) is 1. The molecule has 2 N–H and O–H groups in total. The van der Waals surface area contributed by atoms with Gasteiger partial charge < -0.3 is 15.2 Å². The molecule has 2 rings (SSSR count). The minimum atomic E-state index is -0.000786. The summed E-state index contributed by atoms with van der Waals surface area (Å²) in [6.07, 6.45) is 4.01. The van der Waals surface area contributed by atoms with E-state index in [1.54, 1.807) is 7.11 Å². The zero-order valence-electron chi connectivity index (χ0n) is 12.5. The molecule has 1 unspecified atom stereocenters. The number of benzene rings is 1. The Morgan fingerprint density at radius 1 is 1.52 bits per heavy atom. The van der Waals surface area contributed by atoms with E-state index in [0.29, 0.717) is 12.6 Å². The highest BCUT2D eigenvalue weighted by Crippen LogP contribution is 2.21. The maximum Gasteiger partial charge on any atom is 0.238 e. The summed E-state index contributed by atoms with van der Waals surface area (Å²) in [4.78, 5) is 14.4. The first-order valence-corrected chi connectivity index (χ1v) is 7.51. The minimum Gasteiger partial charge on any atom is -0.497 e. The maximum atomic E-state index is 12.1. The molecule has 1 atom stereocenters. The molecule has 1 saturated heterocycles. The first-order valence-electron chi connectivity index (χ1n) is 7.51. The Balaban J connectivity index is 1.85. The molecule has 0 aromatic heterocycles. The van der Waals surface area contributed by atoms with Crippen molar-refractivity contribution in [2.75, 3.05) is 32.1 Å². The highest BCUT2D eigenvalue weighted by Gasteiger charge is 2.25. The lowest BCUT2D eigenvalue weighted by molar-refractivity contribution is -0.117. The van der Waals surface area contributed by atoms with Crippen LogP contribution in [0.3, 0.4) is 0 Å². The number of hydrogen-bond donors (Lipinski definition) is 2. The van der Waals surface area contributed by atoms with E-state index < -0.39 is 0 Å². The number of carbonyl (C=O) groups is 1. The van der Waals surface area contributed by atoms with Crippen LogP contribution in [0.2, 0.25) is 0 Å². The highest BCUT2D eigenvalue weighted by atomic mass is 16.5. The van der Waals surface area contributed by atoms with Crippen molar-refractivity contribution in [3.8, 4) is 5.75 Å². The third-order valence-corrected chi connectivity index (χ3v) is 3.89. The predicted octanol–water partition coefficient (Wildman–Crippen LogP) is 1.87. The number of aliphatic hydroxyl groups excluding tert-OH is 1. The number of carbonyl (C=O) groups excluding carboxylic acids is 1. The van der Waals surface area contributed by atoms with Crippen LogP contribution in [0.15, 0.2) is 24.3 Å². The van der Waals surface area contributed by atoms with Crippen molar-refractivity contribution in [3.63, 3.8) is 0 Å². The molecule has 1 fully saturated rings. The Morgan fingerprint density at radius 3 is 3.14 bits per heavy atom. The minimum absolute atomic E-state index is 0.000786. The lowest BCUT2D eigenvalue weighted by Crippen LogP contribution is -2.36. The van der Waals surface area contributed by atoms with Gasteiger partial charge in [0.15, 0.2) is 0 Å². The van der Waals surface area contributed by atoms with Crippen molar-refractivity contribution in [2.45, 2.75) is 31.7 Å². The van der Waals surface area contributed by atoms with E-state index in [4.69, 9.17) is 9.84 Å². The average Bonchev–Trinajstić information content (AvgIpc) is 2.92. The molecule has 5 nitrogen and oxygen atoms in total. The molecule has 1 amide bonds. The number of methoxy groups -OCH3 is 1. The van der Waals surface area contributed by atoms with Gasteiger partial charge in [-0.05, 0) is 44.4 Å². The Labute approximate surface area is 125 Å². The van der Waals surface area contributed by atoms with Crippen molar-refractivity contribution in [1.29, 1.82) is 0 Å². The standard InChI is InChI=1S/C16H24N2O3/c1-21-15-8-2-5-13(11-15)17-16(20)12-18-9-3-6-14(18)7-4-10-19/h2,5,8,11,14,19H,3-4,6-7,9-10,12H2,1H3,(H,17,20). The van der Waals surface area contributed by atoms with Gasteiger partial charge in [-0.25, -0.2) is 0 Å². The molecule has 1 aliphatic heterocycles. The SMILES string of the molecule is COc1cccc(NC(=O)CN2CCCC2CCCO)c1. The first-order chi connectivity index (χ1) is 10.2. The van der Waals surface area contributed by atoms with Crippen LogP contribution < -0.4 is 10.1 Å². The van der Waals surface area contributed by atoms with Gasteiger partial charge in [-0.15, -0.1) is 0 Å². The Hall–Kier alpha value is -1.59. The van der Waals surface area contributed by atoms with E-state index in [0.717, 1.165) is 43.7 Å². The van der Waals surface area contributed by atoms with Gasteiger partial charge in [-0.3, -0.25) is 9.69 Å². The largest absolute Gasteiger partial charge is 0.497 e. The molecule has 0 saturated carbocycles. The van der Waals surface area contributed by atoms with Crippen molar-refractivity contribution < 1.29 is 14.6 Å². The normalized spacial score (nSPS) is 18.7. The summed E-state index contributed by atoms with van der Waals surface area (Å²) in [7, 11) is 1.61. The van der Waals surface area contributed by atoms with Gasteiger partial charge in [0.2, 0.25) is 5.91 Å². The van der Waals surface area contributed by atoms with Gasteiger partial charge in [0.1, 0.15) is 5.75 Å². The number of ether oxygens (including phenoxy) is 1. The lowest BCUT2D eigenvalue weighted by atomic mass is 10.1. The van der Waals surface area contributed by atoms with Crippen molar-refractivity contribution >= 4 is 11.6 Å².